The summed E-state index contributed by atoms with van der Waals surface area (Å²) in [7, 11) is 1.56. The average Bonchev–Trinajstić information content (AvgIpc) is 2.12. The number of hydrogen-bond donors (Lipinski definition) is 1. The quantitative estimate of drug-likeness (QED) is 0.618. The molecular formula is C9H18N2O2. The summed E-state index contributed by atoms with van der Waals surface area (Å²) in [5.41, 5.74) is 0. The van der Waals surface area contributed by atoms with E-state index in [9.17, 15) is 5.11 Å². The van der Waals surface area contributed by atoms with Gasteiger partial charge in [-0.25, -0.2) is 0 Å². The van der Waals surface area contributed by atoms with Crippen LogP contribution in [0.3, 0.4) is 0 Å². The molecule has 0 aromatic heterocycles. The van der Waals surface area contributed by atoms with E-state index in [0.717, 1.165) is 6.54 Å². The molecule has 0 saturated carbocycles. The molecular weight excluding hydrogens is 168 g/mol. The largest absolute Gasteiger partial charge is 0.389 e. The summed E-state index contributed by atoms with van der Waals surface area (Å²) in [5.74, 6) is 0. The Labute approximate surface area is 79.7 Å². The third-order valence-electron chi connectivity index (χ3n) is 1.82. The lowest BCUT2D eigenvalue weighted by Gasteiger charge is -2.21. The minimum atomic E-state index is -0.455. The zero-order valence-electron chi connectivity index (χ0n) is 8.36. The number of hydrogen-bond acceptors (Lipinski definition) is 4. The van der Waals surface area contributed by atoms with Crippen molar-refractivity contribution in [3.63, 3.8) is 0 Å². The minimum Gasteiger partial charge on any atom is -0.389 e. The Hall–Kier alpha value is -0.630. The molecule has 0 aliphatic heterocycles. The molecule has 0 rings (SSSR count). The maximum absolute atomic E-state index is 9.40. The monoisotopic (exact) mass is 186 g/mol. The van der Waals surface area contributed by atoms with Gasteiger partial charge in [0, 0.05) is 26.6 Å². The summed E-state index contributed by atoms with van der Waals surface area (Å²) >= 11 is 0. The Morgan fingerprint density at radius 2 is 2.31 bits per heavy atom. The molecule has 13 heavy (non-hydrogen) atoms. The molecule has 0 aliphatic rings. The van der Waals surface area contributed by atoms with Gasteiger partial charge in [0.2, 0.25) is 0 Å². The van der Waals surface area contributed by atoms with E-state index in [1.54, 1.807) is 7.11 Å². The van der Waals surface area contributed by atoms with Gasteiger partial charge in [-0.3, -0.25) is 4.90 Å². The van der Waals surface area contributed by atoms with E-state index in [4.69, 9.17) is 10.00 Å². The molecule has 0 bridgehead atoms. The second kappa shape index (κ2) is 7.99. The number of ether oxygens (including phenoxy) is 1. The van der Waals surface area contributed by atoms with Crippen molar-refractivity contribution in [2.45, 2.75) is 19.4 Å². The number of methoxy groups -OCH3 is 1. The van der Waals surface area contributed by atoms with Crippen LogP contribution in [0.5, 0.6) is 0 Å². The van der Waals surface area contributed by atoms with E-state index in [2.05, 4.69) is 6.07 Å². The summed E-state index contributed by atoms with van der Waals surface area (Å²) in [4.78, 5) is 2.03. The van der Waals surface area contributed by atoms with E-state index in [1.165, 1.54) is 0 Å². The third kappa shape index (κ3) is 6.52. The molecule has 4 nitrogen and oxygen atoms in total. The number of nitrogens with zero attached hydrogens (tertiary/aromatic N) is 2. The predicted octanol–water partition coefficient (Wildman–Crippen LogP) is 0.229. The number of aliphatic hydroxyl groups is 1. The normalized spacial score (nSPS) is 12.8. The smallest absolute Gasteiger partial charge is 0.0900 e. The molecule has 0 aliphatic carbocycles. The van der Waals surface area contributed by atoms with E-state index < -0.39 is 6.10 Å². The van der Waals surface area contributed by atoms with Gasteiger partial charge in [0.25, 0.3) is 0 Å². The van der Waals surface area contributed by atoms with Crippen molar-refractivity contribution in [2.24, 2.45) is 0 Å². The van der Waals surface area contributed by atoms with Gasteiger partial charge in [0.05, 0.1) is 18.8 Å². The van der Waals surface area contributed by atoms with Crippen LogP contribution in [0.25, 0.3) is 0 Å². The molecule has 0 spiro atoms. The van der Waals surface area contributed by atoms with Gasteiger partial charge in [0.15, 0.2) is 0 Å². The van der Waals surface area contributed by atoms with Gasteiger partial charge in [-0.05, 0) is 6.54 Å². The van der Waals surface area contributed by atoms with Gasteiger partial charge >= 0.3 is 0 Å². The van der Waals surface area contributed by atoms with Crippen LogP contribution in [0.2, 0.25) is 0 Å². The molecule has 4 heteroatoms. The second-order valence-corrected chi connectivity index (χ2v) is 2.91. The predicted molar refractivity (Wildman–Crippen MR) is 50.2 cm³/mol. The molecule has 1 atom stereocenters. The zero-order chi connectivity index (χ0) is 10.1. The van der Waals surface area contributed by atoms with Crippen LogP contribution in [-0.2, 0) is 4.74 Å². The highest BCUT2D eigenvalue weighted by atomic mass is 16.5. The average molecular weight is 186 g/mol. The Bertz CT molecular complexity index is 156. The first kappa shape index (κ1) is 12.4. The molecule has 0 fully saturated rings. The zero-order valence-corrected chi connectivity index (χ0v) is 8.36. The van der Waals surface area contributed by atoms with Gasteiger partial charge < -0.3 is 9.84 Å². The summed E-state index contributed by atoms with van der Waals surface area (Å²) in [6, 6.07) is 2.08. The SMILES string of the molecule is CCN(CCC#N)CC(O)COC. The van der Waals surface area contributed by atoms with Crippen molar-refractivity contribution in [3.05, 3.63) is 0 Å². The maximum atomic E-state index is 9.40. The highest BCUT2D eigenvalue weighted by molar-refractivity contribution is 4.73. The van der Waals surface area contributed by atoms with Crippen molar-refractivity contribution in [1.29, 1.82) is 5.26 Å². The van der Waals surface area contributed by atoms with Gasteiger partial charge in [-0.2, -0.15) is 5.26 Å². The summed E-state index contributed by atoms with van der Waals surface area (Å²) in [5, 5.41) is 17.8. The van der Waals surface area contributed by atoms with Crippen LogP contribution < -0.4 is 0 Å². The first-order chi connectivity index (χ1) is 6.24. The Morgan fingerprint density at radius 1 is 1.62 bits per heavy atom. The fraction of sp³-hybridized carbons (Fsp3) is 0.889. The van der Waals surface area contributed by atoms with E-state index in [-0.39, 0.29) is 0 Å². The molecule has 0 heterocycles. The molecule has 0 aromatic carbocycles. The third-order valence-corrected chi connectivity index (χ3v) is 1.82. The molecule has 0 saturated heterocycles. The van der Waals surface area contributed by atoms with E-state index in [1.807, 2.05) is 11.8 Å². The molecule has 0 amide bonds. The lowest BCUT2D eigenvalue weighted by Crippen LogP contribution is -2.35. The summed E-state index contributed by atoms with van der Waals surface area (Å²) in [6.45, 7) is 4.50. The number of likely N-dealkylation sites (N-methyl/N-ethyl adjacent to an activating group) is 1. The highest BCUT2D eigenvalue weighted by Gasteiger charge is 2.08. The van der Waals surface area contributed by atoms with Crippen molar-refractivity contribution in [2.75, 3.05) is 33.4 Å². The van der Waals surface area contributed by atoms with Crippen LogP contribution in [0.1, 0.15) is 13.3 Å². The Morgan fingerprint density at radius 3 is 2.77 bits per heavy atom. The second-order valence-electron chi connectivity index (χ2n) is 2.91. The molecule has 1 unspecified atom stereocenters. The fourth-order valence-electron chi connectivity index (χ4n) is 1.13. The molecule has 1 N–H and O–H groups in total. The first-order valence-electron chi connectivity index (χ1n) is 4.50. The van der Waals surface area contributed by atoms with Gasteiger partial charge in [-0.1, -0.05) is 6.92 Å². The number of rotatable bonds is 7. The molecule has 76 valence electrons. The van der Waals surface area contributed by atoms with Crippen LogP contribution in [0.4, 0.5) is 0 Å². The van der Waals surface area contributed by atoms with Crippen LogP contribution in [-0.4, -0.2) is 49.5 Å². The Balaban J connectivity index is 3.63. The topological polar surface area (TPSA) is 56.5 Å². The van der Waals surface area contributed by atoms with E-state index >= 15 is 0 Å². The molecule has 0 aromatic rings. The highest BCUT2D eigenvalue weighted by Crippen LogP contribution is 1.94. The number of nitriles is 1. The van der Waals surface area contributed by atoms with Crippen molar-refractivity contribution >= 4 is 0 Å². The van der Waals surface area contributed by atoms with Gasteiger partial charge in [-0.15, -0.1) is 0 Å². The Kier molecular flexibility index (Phi) is 7.60. The van der Waals surface area contributed by atoms with Crippen LogP contribution in [0.15, 0.2) is 0 Å². The fourth-order valence-corrected chi connectivity index (χ4v) is 1.13. The first-order valence-corrected chi connectivity index (χ1v) is 4.50. The van der Waals surface area contributed by atoms with Crippen molar-refractivity contribution in [3.8, 4) is 6.07 Å². The molecule has 0 radical (unpaired) electrons. The van der Waals surface area contributed by atoms with Gasteiger partial charge in [0.1, 0.15) is 0 Å². The van der Waals surface area contributed by atoms with E-state index in [0.29, 0.717) is 26.1 Å². The maximum Gasteiger partial charge on any atom is 0.0900 e. The minimum absolute atomic E-state index is 0.350. The summed E-state index contributed by atoms with van der Waals surface area (Å²) in [6.07, 6.45) is 0.0525. The number of aliphatic hydroxyl groups excluding tert-OH is 1. The van der Waals surface area contributed by atoms with Crippen molar-refractivity contribution in [1.82, 2.24) is 4.90 Å². The van der Waals surface area contributed by atoms with Crippen LogP contribution >= 0.6 is 0 Å². The lowest BCUT2D eigenvalue weighted by atomic mass is 10.3. The van der Waals surface area contributed by atoms with Crippen molar-refractivity contribution < 1.29 is 9.84 Å². The van der Waals surface area contributed by atoms with Crippen LogP contribution in [0, 0.1) is 11.3 Å². The summed E-state index contributed by atoms with van der Waals surface area (Å²) < 4.78 is 4.81. The lowest BCUT2D eigenvalue weighted by molar-refractivity contribution is 0.0393. The standard InChI is InChI=1S/C9H18N2O2/c1-3-11(6-4-5-10)7-9(12)8-13-2/h9,12H,3-4,6-8H2,1-2H3.